The number of fused-ring (bicyclic) bond motifs is 1. The highest BCUT2D eigenvalue weighted by Gasteiger charge is 2.25. The van der Waals surface area contributed by atoms with Crippen LogP contribution in [0.1, 0.15) is 35.1 Å². The predicted molar refractivity (Wildman–Crippen MR) is 57.8 cm³/mol. The van der Waals surface area contributed by atoms with E-state index in [0.29, 0.717) is 11.6 Å². The number of nitrogens with zero attached hydrogens (tertiary/aromatic N) is 2. The molecule has 15 heavy (non-hydrogen) atoms. The van der Waals surface area contributed by atoms with E-state index in [2.05, 4.69) is 17.1 Å². The molecule has 2 rings (SSSR count). The van der Waals surface area contributed by atoms with Crippen molar-refractivity contribution >= 4 is 5.91 Å². The number of aromatic amines is 1. The highest BCUT2D eigenvalue weighted by molar-refractivity contribution is 5.93. The maximum atomic E-state index is 11.8. The molecule has 1 N–H and O–H groups in total. The van der Waals surface area contributed by atoms with Crippen molar-refractivity contribution in [2.24, 2.45) is 5.92 Å². The Bertz CT molecular complexity index is 381. The van der Waals surface area contributed by atoms with Crippen molar-refractivity contribution < 1.29 is 4.79 Å². The Balaban J connectivity index is 2.34. The number of carbonyl (C=O) groups is 1. The lowest BCUT2D eigenvalue weighted by molar-refractivity contribution is 0.0820. The normalized spacial score (nSPS) is 19.8. The van der Waals surface area contributed by atoms with Gasteiger partial charge >= 0.3 is 0 Å². The summed E-state index contributed by atoms with van der Waals surface area (Å²) < 4.78 is 0. The van der Waals surface area contributed by atoms with Crippen LogP contribution in [0.15, 0.2) is 0 Å². The lowest BCUT2D eigenvalue weighted by atomic mass is 9.87. The number of rotatable bonds is 1. The molecule has 4 heteroatoms. The summed E-state index contributed by atoms with van der Waals surface area (Å²) in [5, 5.41) is 7.12. The SMILES string of the molecule is CC1CCc2[nH]nc(C(=O)N(C)C)c2C1. The molecule has 1 aliphatic carbocycles. The Morgan fingerprint density at radius 2 is 2.27 bits per heavy atom. The molecule has 0 aromatic carbocycles. The maximum absolute atomic E-state index is 11.8. The van der Waals surface area contributed by atoms with E-state index in [-0.39, 0.29) is 5.91 Å². The fourth-order valence-electron chi connectivity index (χ4n) is 2.06. The molecule has 0 saturated carbocycles. The molecule has 1 aromatic rings. The molecule has 1 unspecified atom stereocenters. The van der Waals surface area contributed by atoms with Crippen LogP contribution in [0.4, 0.5) is 0 Å². The number of amides is 1. The summed E-state index contributed by atoms with van der Waals surface area (Å²) in [5.74, 6) is 0.658. The quantitative estimate of drug-likeness (QED) is 0.753. The van der Waals surface area contributed by atoms with Crippen molar-refractivity contribution in [3.63, 3.8) is 0 Å². The minimum absolute atomic E-state index is 0.00148. The highest BCUT2D eigenvalue weighted by Crippen LogP contribution is 2.26. The van der Waals surface area contributed by atoms with Crippen molar-refractivity contribution in [3.05, 3.63) is 17.0 Å². The van der Waals surface area contributed by atoms with Gasteiger partial charge in [-0.15, -0.1) is 0 Å². The molecule has 0 spiro atoms. The Kier molecular flexibility index (Phi) is 2.50. The molecule has 0 saturated heterocycles. The van der Waals surface area contributed by atoms with E-state index >= 15 is 0 Å². The molecular formula is C11H17N3O. The van der Waals surface area contributed by atoms with Gasteiger partial charge in [0.05, 0.1) is 0 Å². The van der Waals surface area contributed by atoms with Crippen LogP contribution in [0, 0.1) is 5.92 Å². The fraction of sp³-hybridized carbons (Fsp3) is 0.636. The predicted octanol–water partition coefficient (Wildman–Crippen LogP) is 1.24. The van der Waals surface area contributed by atoms with Gasteiger partial charge in [-0.25, -0.2) is 0 Å². The second-order valence-corrected chi connectivity index (χ2v) is 4.58. The first-order valence-electron chi connectivity index (χ1n) is 5.37. The largest absolute Gasteiger partial charge is 0.343 e. The van der Waals surface area contributed by atoms with Crippen LogP contribution in [0.2, 0.25) is 0 Å². The van der Waals surface area contributed by atoms with Crippen molar-refractivity contribution in [3.8, 4) is 0 Å². The number of hydrogen-bond acceptors (Lipinski definition) is 2. The van der Waals surface area contributed by atoms with Gasteiger partial charge in [0.15, 0.2) is 5.69 Å². The third-order valence-electron chi connectivity index (χ3n) is 3.00. The molecule has 82 valence electrons. The van der Waals surface area contributed by atoms with Gasteiger partial charge in [-0.1, -0.05) is 6.92 Å². The molecule has 1 atom stereocenters. The summed E-state index contributed by atoms with van der Waals surface area (Å²) in [6.07, 6.45) is 3.18. The second kappa shape index (κ2) is 3.68. The van der Waals surface area contributed by atoms with E-state index < -0.39 is 0 Å². The molecule has 0 bridgehead atoms. The lowest BCUT2D eigenvalue weighted by Crippen LogP contribution is -2.24. The Hall–Kier alpha value is -1.32. The Morgan fingerprint density at radius 3 is 2.93 bits per heavy atom. The molecule has 1 aliphatic rings. The molecule has 4 nitrogen and oxygen atoms in total. The van der Waals surface area contributed by atoms with Gasteiger partial charge < -0.3 is 4.90 Å². The number of H-pyrrole nitrogens is 1. The minimum atomic E-state index is 0.00148. The standard InChI is InChI=1S/C11H17N3O/c1-7-4-5-9-8(6-7)10(13-12-9)11(15)14(2)3/h7H,4-6H2,1-3H3,(H,12,13). The summed E-state index contributed by atoms with van der Waals surface area (Å²) in [4.78, 5) is 13.4. The molecule has 0 radical (unpaired) electrons. The zero-order valence-corrected chi connectivity index (χ0v) is 9.50. The van der Waals surface area contributed by atoms with Crippen molar-refractivity contribution in [1.29, 1.82) is 0 Å². The van der Waals surface area contributed by atoms with Gasteiger partial charge in [0, 0.05) is 25.4 Å². The number of aryl methyl sites for hydroxylation is 1. The van der Waals surface area contributed by atoms with Crippen LogP contribution in [-0.4, -0.2) is 35.1 Å². The molecule has 1 amide bonds. The van der Waals surface area contributed by atoms with Crippen LogP contribution in [-0.2, 0) is 12.8 Å². The first-order valence-corrected chi connectivity index (χ1v) is 5.37. The topological polar surface area (TPSA) is 49.0 Å². The third-order valence-corrected chi connectivity index (χ3v) is 3.00. The van der Waals surface area contributed by atoms with E-state index in [0.717, 1.165) is 24.1 Å². The van der Waals surface area contributed by atoms with E-state index in [4.69, 9.17) is 0 Å². The van der Waals surface area contributed by atoms with Crippen LogP contribution in [0.3, 0.4) is 0 Å². The van der Waals surface area contributed by atoms with Crippen LogP contribution >= 0.6 is 0 Å². The van der Waals surface area contributed by atoms with Crippen molar-refractivity contribution in [2.75, 3.05) is 14.1 Å². The highest BCUT2D eigenvalue weighted by atomic mass is 16.2. The maximum Gasteiger partial charge on any atom is 0.274 e. The number of carbonyl (C=O) groups excluding carboxylic acids is 1. The van der Waals surface area contributed by atoms with E-state index in [1.807, 2.05) is 0 Å². The molecule has 1 heterocycles. The Morgan fingerprint density at radius 1 is 1.53 bits per heavy atom. The molecule has 0 aliphatic heterocycles. The van der Waals surface area contributed by atoms with Gasteiger partial charge in [-0.05, 0) is 25.2 Å². The average Bonchev–Trinajstić information content (AvgIpc) is 2.59. The van der Waals surface area contributed by atoms with Gasteiger partial charge in [0.1, 0.15) is 0 Å². The smallest absolute Gasteiger partial charge is 0.274 e. The van der Waals surface area contributed by atoms with Gasteiger partial charge in [0.2, 0.25) is 0 Å². The summed E-state index contributed by atoms with van der Waals surface area (Å²) in [6, 6.07) is 0. The van der Waals surface area contributed by atoms with Gasteiger partial charge in [-0.3, -0.25) is 9.89 Å². The van der Waals surface area contributed by atoms with Crippen molar-refractivity contribution in [1.82, 2.24) is 15.1 Å². The second-order valence-electron chi connectivity index (χ2n) is 4.58. The van der Waals surface area contributed by atoms with Gasteiger partial charge in [0.25, 0.3) is 5.91 Å². The molecule has 0 fully saturated rings. The van der Waals surface area contributed by atoms with Crippen LogP contribution in [0.25, 0.3) is 0 Å². The molecule has 1 aromatic heterocycles. The number of nitrogens with one attached hydrogen (secondary N) is 1. The van der Waals surface area contributed by atoms with E-state index in [9.17, 15) is 4.79 Å². The third kappa shape index (κ3) is 1.76. The zero-order valence-electron chi connectivity index (χ0n) is 9.50. The first-order chi connectivity index (χ1) is 7.09. The number of hydrogen-bond donors (Lipinski definition) is 1. The van der Waals surface area contributed by atoms with Crippen LogP contribution < -0.4 is 0 Å². The van der Waals surface area contributed by atoms with E-state index in [1.165, 1.54) is 6.42 Å². The summed E-state index contributed by atoms with van der Waals surface area (Å²) in [7, 11) is 3.52. The van der Waals surface area contributed by atoms with E-state index in [1.54, 1.807) is 19.0 Å². The monoisotopic (exact) mass is 207 g/mol. The Labute approximate surface area is 89.7 Å². The van der Waals surface area contributed by atoms with Gasteiger partial charge in [-0.2, -0.15) is 5.10 Å². The summed E-state index contributed by atoms with van der Waals surface area (Å²) in [6.45, 7) is 2.22. The summed E-state index contributed by atoms with van der Waals surface area (Å²) >= 11 is 0. The average molecular weight is 207 g/mol. The first kappa shape index (κ1) is 10.2. The molecular weight excluding hydrogens is 190 g/mol. The number of aromatic nitrogens is 2. The fourth-order valence-corrected chi connectivity index (χ4v) is 2.06. The zero-order chi connectivity index (χ0) is 11.0. The summed E-state index contributed by atoms with van der Waals surface area (Å²) in [5.41, 5.74) is 2.90. The lowest BCUT2D eigenvalue weighted by Gasteiger charge is -2.18. The minimum Gasteiger partial charge on any atom is -0.343 e. The van der Waals surface area contributed by atoms with Crippen LogP contribution in [0.5, 0.6) is 0 Å². The van der Waals surface area contributed by atoms with Crippen molar-refractivity contribution in [2.45, 2.75) is 26.2 Å².